The second-order valence-electron chi connectivity index (χ2n) is 8.77. The number of hydrogen-bond donors (Lipinski definition) is 1. The van der Waals surface area contributed by atoms with Crippen LogP contribution in [0.3, 0.4) is 0 Å². The van der Waals surface area contributed by atoms with Crippen molar-refractivity contribution in [3.63, 3.8) is 0 Å². The topological polar surface area (TPSA) is 49.8 Å². The molecule has 0 bridgehead atoms. The molecular weight excluding hydrogens is 314 g/mol. The van der Waals surface area contributed by atoms with Crippen LogP contribution in [0.2, 0.25) is 0 Å². The number of aliphatic hydroxyl groups is 1. The molecule has 4 fully saturated rings. The normalized spacial score (nSPS) is 37.2. The maximum Gasteiger partial charge on any atom is 0.203 e. The van der Waals surface area contributed by atoms with Crippen LogP contribution in [0, 0.1) is 17.8 Å². The van der Waals surface area contributed by atoms with Crippen molar-refractivity contribution in [2.24, 2.45) is 17.8 Å². The van der Waals surface area contributed by atoms with Crippen molar-refractivity contribution in [2.45, 2.75) is 76.4 Å². The van der Waals surface area contributed by atoms with E-state index in [-0.39, 0.29) is 23.9 Å². The third kappa shape index (κ3) is 4.11. The van der Waals surface area contributed by atoms with Crippen LogP contribution in [0.1, 0.15) is 64.2 Å². The first-order valence-electron chi connectivity index (χ1n) is 10.5. The van der Waals surface area contributed by atoms with E-state index >= 15 is 0 Å². The number of fused-ring (bicyclic) bond motifs is 1. The summed E-state index contributed by atoms with van der Waals surface area (Å²) in [7, 11) is 0. The van der Waals surface area contributed by atoms with Gasteiger partial charge in [0.15, 0.2) is 5.76 Å². The Morgan fingerprint density at radius 2 is 1.80 bits per heavy atom. The molecule has 0 aromatic rings. The second-order valence-corrected chi connectivity index (χ2v) is 8.77. The number of ether oxygens (including phenoxy) is 1. The molecule has 0 amide bonds. The van der Waals surface area contributed by atoms with Crippen LogP contribution in [0.15, 0.2) is 11.8 Å². The van der Waals surface area contributed by atoms with Gasteiger partial charge in [-0.25, -0.2) is 0 Å². The fraction of sp³-hybridized carbons (Fsp3) is 0.857. The number of aliphatic hydroxyl groups excluding tert-OH is 1. The summed E-state index contributed by atoms with van der Waals surface area (Å²) in [6, 6.07) is 0. The van der Waals surface area contributed by atoms with E-state index in [4.69, 9.17) is 4.74 Å². The number of carbonyl (C=O) groups excluding carboxylic acids is 1. The molecule has 4 nitrogen and oxygen atoms in total. The van der Waals surface area contributed by atoms with Gasteiger partial charge in [-0.3, -0.25) is 4.79 Å². The van der Waals surface area contributed by atoms with Crippen LogP contribution in [0.25, 0.3) is 0 Å². The highest BCUT2D eigenvalue weighted by atomic mass is 16.5. The van der Waals surface area contributed by atoms with Gasteiger partial charge in [-0.15, -0.1) is 0 Å². The number of hydrogen-bond acceptors (Lipinski definition) is 4. The summed E-state index contributed by atoms with van der Waals surface area (Å²) in [5, 5.41) is 9.80. The molecule has 0 radical (unpaired) electrons. The first-order valence-corrected chi connectivity index (χ1v) is 10.5. The van der Waals surface area contributed by atoms with E-state index in [1.54, 1.807) is 0 Å². The van der Waals surface area contributed by atoms with E-state index in [0.29, 0.717) is 18.1 Å². The molecule has 140 valence electrons. The Hall–Kier alpha value is -0.870. The predicted molar refractivity (Wildman–Crippen MR) is 97.0 cm³/mol. The Morgan fingerprint density at radius 1 is 1.04 bits per heavy atom. The Balaban J connectivity index is 1.28. The van der Waals surface area contributed by atoms with Crippen LogP contribution in [0.4, 0.5) is 0 Å². The van der Waals surface area contributed by atoms with Gasteiger partial charge in [-0.1, -0.05) is 19.3 Å². The van der Waals surface area contributed by atoms with E-state index in [1.165, 1.54) is 38.6 Å². The minimum absolute atomic E-state index is 0.000963. The first kappa shape index (κ1) is 17.5. The van der Waals surface area contributed by atoms with Crippen molar-refractivity contribution < 1.29 is 14.6 Å². The van der Waals surface area contributed by atoms with Crippen molar-refractivity contribution in [1.82, 2.24) is 4.90 Å². The average Bonchev–Trinajstić information content (AvgIpc) is 2.92. The minimum atomic E-state index is -0.295. The zero-order valence-corrected chi connectivity index (χ0v) is 15.4. The van der Waals surface area contributed by atoms with Crippen LogP contribution in [0.5, 0.6) is 0 Å². The quantitative estimate of drug-likeness (QED) is 0.796. The molecule has 2 aliphatic heterocycles. The lowest BCUT2D eigenvalue weighted by Gasteiger charge is -2.34. The molecule has 0 spiro atoms. The molecule has 4 rings (SSSR count). The number of Topliss-reactive ketones (excluding diaryl/α,β-unsaturated/α-hetero) is 1. The maximum atomic E-state index is 12.6. The Morgan fingerprint density at radius 3 is 2.56 bits per heavy atom. The van der Waals surface area contributed by atoms with Crippen LogP contribution >= 0.6 is 0 Å². The van der Waals surface area contributed by atoms with Gasteiger partial charge in [0, 0.05) is 13.0 Å². The summed E-state index contributed by atoms with van der Waals surface area (Å²) in [6.07, 6.45) is 13.3. The fourth-order valence-electron chi connectivity index (χ4n) is 5.31. The molecule has 4 aliphatic rings. The summed E-state index contributed by atoms with van der Waals surface area (Å²) in [5.74, 6) is 2.20. The van der Waals surface area contributed by atoms with E-state index in [0.717, 1.165) is 44.7 Å². The van der Waals surface area contributed by atoms with E-state index < -0.39 is 0 Å². The molecule has 2 saturated carbocycles. The van der Waals surface area contributed by atoms with Crippen molar-refractivity contribution >= 4 is 5.78 Å². The van der Waals surface area contributed by atoms with E-state index in [1.807, 2.05) is 0 Å². The lowest BCUT2D eigenvalue weighted by atomic mass is 9.83. The van der Waals surface area contributed by atoms with Crippen LogP contribution in [-0.2, 0) is 9.53 Å². The van der Waals surface area contributed by atoms with Gasteiger partial charge in [0.2, 0.25) is 5.78 Å². The lowest BCUT2D eigenvalue weighted by molar-refractivity contribution is -0.119. The molecule has 2 heterocycles. The highest BCUT2D eigenvalue weighted by Crippen LogP contribution is 2.38. The molecular formula is C21H33NO3. The first-order chi connectivity index (χ1) is 12.2. The highest BCUT2D eigenvalue weighted by Gasteiger charge is 2.44. The minimum Gasteiger partial charge on any atom is -0.486 e. The van der Waals surface area contributed by atoms with Crippen molar-refractivity contribution in [1.29, 1.82) is 0 Å². The van der Waals surface area contributed by atoms with Gasteiger partial charge in [0.1, 0.15) is 6.10 Å². The van der Waals surface area contributed by atoms with Gasteiger partial charge in [0.25, 0.3) is 0 Å². The van der Waals surface area contributed by atoms with Gasteiger partial charge in [-0.2, -0.15) is 0 Å². The molecule has 2 aliphatic carbocycles. The van der Waals surface area contributed by atoms with Gasteiger partial charge >= 0.3 is 0 Å². The maximum absolute atomic E-state index is 12.6. The molecule has 0 aromatic heterocycles. The van der Waals surface area contributed by atoms with E-state index in [2.05, 4.69) is 11.0 Å². The number of allylic oxidation sites excluding steroid dienone is 2. The highest BCUT2D eigenvalue weighted by molar-refractivity contribution is 5.97. The van der Waals surface area contributed by atoms with Crippen molar-refractivity contribution in [3.8, 4) is 0 Å². The van der Waals surface area contributed by atoms with E-state index in [9.17, 15) is 9.90 Å². The molecule has 3 atom stereocenters. The number of nitrogens with zero attached hydrogens (tertiary/aromatic N) is 1. The Bertz CT molecular complexity index is 503. The number of ketones is 1. The third-order valence-electron chi connectivity index (χ3n) is 6.88. The Kier molecular flexibility index (Phi) is 5.47. The monoisotopic (exact) mass is 347 g/mol. The number of rotatable bonds is 3. The molecule has 25 heavy (non-hydrogen) atoms. The fourth-order valence-corrected chi connectivity index (χ4v) is 5.31. The lowest BCUT2D eigenvalue weighted by Crippen LogP contribution is -2.37. The third-order valence-corrected chi connectivity index (χ3v) is 6.88. The Labute approximate surface area is 151 Å². The van der Waals surface area contributed by atoms with Crippen LogP contribution < -0.4 is 0 Å². The standard InChI is InChI=1S/C21H33NO3/c23-17-6-7-18-19(13-17)25-20(21(18)24)12-15-8-10-22(11-9-15)14-16-4-2-1-3-5-16/h12,15-19,23H,1-11,13-14H2. The van der Waals surface area contributed by atoms with Gasteiger partial charge in [-0.05, 0) is 69.5 Å². The number of piperidine rings is 1. The average molecular weight is 347 g/mol. The van der Waals surface area contributed by atoms with Crippen molar-refractivity contribution in [2.75, 3.05) is 19.6 Å². The van der Waals surface area contributed by atoms with Gasteiger partial charge < -0.3 is 14.7 Å². The van der Waals surface area contributed by atoms with Crippen LogP contribution in [-0.4, -0.2) is 47.6 Å². The van der Waals surface area contributed by atoms with Gasteiger partial charge in [0.05, 0.1) is 12.0 Å². The molecule has 2 saturated heterocycles. The summed E-state index contributed by atoms with van der Waals surface area (Å²) < 4.78 is 5.94. The predicted octanol–water partition coefficient (Wildman–Crippen LogP) is 3.29. The zero-order valence-electron chi connectivity index (χ0n) is 15.4. The van der Waals surface area contributed by atoms with Crippen molar-refractivity contribution in [3.05, 3.63) is 11.8 Å². The molecule has 0 aromatic carbocycles. The summed E-state index contributed by atoms with van der Waals surface area (Å²) in [5.41, 5.74) is 0. The summed E-state index contributed by atoms with van der Waals surface area (Å²) >= 11 is 0. The molecule has 3 unspecified atom stereocenters. The largest absolute Gasteiger partial charge is 0.486 e. The second kappa shape index (κ2) is 7.79. The molecule has 1 N–H and O–H groups in total. The zero-order chi connectivity index (χ0) is 17.2. The smallest absolute Gasteiger partial charge is 0.203 e. The molecule has 4 heteroatoms. The summed E-state index contributed by atoms with van der Waals surface area (Å²) in [6.45, 7) is 3.59. The number of carbonyl (C=O) groups is 1. The summed E-state index contributed by atoms with van der Waals surface area (Å²) in [4.78, 5) is 15.2. The number of likely N-dealkylation sites (tertiary alicyclic amines) is 1. The SMILES string of the molecule is O=C1C(=CC2CCN(CC3CCCCC3)CC2)OC2CC(O)CCC12.